The van der Waals surface area contributed by atoms with E-state index < -0.39 is 0 Å². The Balaban J connectivity index is 1.95. The molecule has 1 aliphatic rings. The van der Waals surface area contributed by atoms with Crippen LogP contribution in [-0.4, -0.2) is 38.8 Å². The lowest BCUT2D eigenvalue weighted by molar-refractivity contribution is 0.174. The van der Waals surface area contributed by atoms with Gasteiger partial charge in [0.1, 0.15) is 0 Å². The zero-order valence-corrected chi connectivity index (χ0v) is 7.85. The predicted octanol–water partition coefficient (Wildman–Crippen LogP) is -0.0133. The first-order chi connectivity index (χ1) is 6.25. The fourth-order valence-corrected chi connectivity index (χ4v) is 1.72. The zero-order chi connectivity index (χ0) is 9.26. The molecule has 1 atom stereocenters. The molecule has 72 valence electrons. The lowest BCUT2D eigenvalue weighted by Crippen LogP contribution is -2.22. The van der Waals surface area contributed by atoms with Gasteiger partial charge in [0, 0.05) is 32.9 Å². The molecule has 1 fully saturated rings. The minimum absolute atomic E-state index is 0.131. The van der Waals surface area contributed by atoms with E-state index in [0.717, 1.165) is 26.1 Å². The van der Waals surface area contributed by atoms with Gasteiger partial charge < -0.3 is 9.67 Å². The molecule has 0 radical (unpaired) electrons. The second-order valence-corrected chi connectivity index (χ2v) is 3.67. The summed E-state index contributed by atoms with van der Waals surface area (Å²) < 4.78 is 2.02. The second kappa shape index (κ2) is 3.47. The molecule has 1 saturated heterocycles. The average molecular weight is 181 g/mol. The number of rotatable bonds is 2. The summed E-state index contributed by atoms with van der Waals surface area (Å²) in [7, 11) is 1.99. The number of aromatic nitrogens is 2. The molecule has 0 aromatic carbocycles. The summed E-state index contributed by atoms with van der Waals surface area (Å²) in [4.78, 5) is 6.31. The fraction of sp³-hybridized carbons (Fsp3) is 0.667. The molecule has 0 aliphatic carbocycles. The predicted molar refractivity (Wildman–Crippen MR) is 49.1 cm³/mol. The van der Waals surface area contributed by atoms with Gasteiger partial charge in [-0.1, -0.05) is 0 Å². The Labute approximate surface area is 77.8 Å². The Morgan fingerprint density at radius 3 is 3.08 bits per heavy atom. The summed E-state index contributed by atoms with van der Waals surface area (Å²) in [5.74, 6) is 0. The smallest absolute Gasteiger partial charge is 0.0945 e. The van der Waals surface area contributed by atoms with E-state index in [-0.39, 0.29) is 6.10 Å². The number of nitrogens with zero attached hydrogens (tertiary/aromatic N) is 3. The maximum absolute atomic E-state index is 9.33. The van der Waals surface area contributed by atoms with E-state index in [0.29, 0.717) is 0 Å². The summed E-state index contributed by atoms with van der Waals surface area (Å²) >= 11 is 0. The monoisotopic (exact) mass is 181 g/mol. The molecule has 1 aromatic heterocycles. The van der Waals surface area contributed by atoms with Crippen molar-refractivity contribution < 1.29 is 5.11 Å². The maximum Gasteiger partial charge on any atom is 0.0945 e. The van der Waals surface area contributed by atoms with E-state index in [1.165, 1.54) is 5.69 Å². The number of aliphatic hydroxyl groups excluding tert-OH is 1. The third kappa shape index (κ3) is 1.89. The Kier molecular flexibility index (Phi) is 2.33. The summed E-state index contributed by atoms with van der Waals surface area (Å²) in [6, 6.07) is 0. The van der Waals surface area contributed by atoms with Gasteiger partial charge in [-0.25, -0.2) is 4.98 Å². The first-order valence-corrected chi connectivity index (χ1v) is 4.61. The van der Waals surface area contributed by atoms with Crippen LogP contribution in [0.4, 0.5) is 0 Å². The van der Waals surface area contributed by atoms with Crippen LogP contribution in [0.2, 0.25) is 0 Å². The van der Waals surface area contributed by atoms with Gasteiger partial charge in [-0.15, -0.1) is 0 Å². The van der Waals surface area contributed by atoms with Crippen molar-refractivity contribution in [3.05, 3.63) is 18.2 Å². The van der Waals surface area contributed by atoms with E-state index in [2.05, 4.69) is 9.88 Å². The molecule has 1 aromatic rings. The summed E-state index contributed by atoms with van der Waals surface area (Å²) in [5.41, 5.74) is 1.20. The Hall–Kier alpha value is -0.870. The number of β-amino-alcohol motifs (C(OH)–C–C–N with tert-alkyl or cyclic N) is 1. The van der Waals surface area contributed by atoms with Gasteiger partial charge in [-0.2, -0.15) is 0 Å². The highest BCUT2D eigenvalue weighted by atomic mass is 16.3. The maximum atomic E-state index is 9.33. The first-order valence-electron chi connectivity index (χ1n) is 4.61. The summed E-state index contributed by atoms with van der Waals surface area (Å²) in [6.07, 6.45) is 4.46. The molecule has 1 N–H and O–H groups in total. The van der Waals surface area contributed by atoms with Crippen LogP contribution in [0.15, 0.2) is 12.5 Å². The molecule has 1 aliphatic heterocycles. The van der Waals surface area contributed by atoms with Crippen LogP contribution < -0.4 is 0 Å². The molecular formula is C9H15N3O. The van der Waals surface area contributed by atoms with Gasteiger partial charge in [-0.05, 0) is 6.42 Å². The standard InChI is InChI=1S/C9H15N3O/c1-11-7-10-4-8(11)5-12-3-2-9(13)6-12/h4,7,9,13H,2-3,5-6H2,1H3/t9-/m1/s1. The molecule has 4 heteroatoms. The molecule has 0 bridgehead atoms. The number of hydrogen-bond donors (Lipinski definition) is 1. The fourth-order valence-electron chi connectivity index (χ4n) is 1.72. The van der Waals surface area contributed by atoms with Crippen molar-refractivity contribution in [2.45, 2.75) is 19.1 Å². The number of aryl methyl sites for hydroxylation is 1. The molecule has 4 nitrogen and oxygen atoms in total. The Morgan fingerprint density at radius 1 is 1.69 bits per heavy atom. The van der Waals surface area contributed by atoms with Crippen molar-refractivity contribution in [2.75, 3.05) is 13.1 Å². The van der Waals surface area contributed by atoms with Crippen LogP contribution in [0.25, 0.3) is 0 Å². The minimum atomic E-state index is -0.131. The third-order valence-corrected chi connectivity index (χ3v) is 2.55. The van der Waals surface area contributed by atoms with Crippen LogP contribution >= 0.6 is 0 Å². The molecule has 0 spiro atoms. The Morgan fingerprint density at radius 2 is 2.54 bits per heavy atom. The van der Waals surface area contributed by atoms with E-state index in [1.54, 1.807) is 0 Å². The highest BCUT2D eigenvalue weighted by Gasteiger charge is 2.20. The molecule has 2 heterocycles. The number of imidazole rings is 1. The van der Waals surface area contributed by atoms with Crippen LogP contribution in [0.1, 0.15) is 12.1 Å². The number of aliphatic hydroxyl groups is 1. The highest BCUT2D eigenvalue weighted by Crippen LogP contribution is 2.12. The molecule has 2 rings (SSSR count). The van der Waals surface area contributed by atoms with Gasteiger partial charge in [0.05, 0.1) is 18.1 Å². The van der Waals surface area contributed by atoms with Crippen molar-refractivity contribution in [3.63, 3.8) is 0 Å². The molecule has 0 unspecified atom stereocenters. The SMILES string of the molecule is Cn1cncc1CN1CC[C@@H](O)C1. The lowest BCUT2D eigenvalue weighted by atomic mass is 10.3. The molecular weight excluding hydrogens is 166 g/mol. The van der Waals surface area contributed by atoms with E-state index >= 15 is 0 Å². The van der Waals surface area contributed by atoms with Crippen molar-refractivity contribution in [1.82, 2.24) is 14.5 Å². The van der Waals surface area contributed by atoms with E-state index in [1.807, 2.05) is 24.1 Å². The van der Waals surface area contributed by atoms with Crippen molar-refractivity contribution in [1.29, 1.82) is 0 Å². The zero-order valence-electron chi connectivity index (χ0n) is 7.85. The minimum Gasteiger partial charge on any atom is -0.392 e. The van der Waals surface area contributed by atoms with Crippen LogP contribution in [-0.2, 0) is 13.6 Å². The van der Waals surface area contributed by atoms with Crippen LogP contribution in [0, 0.1) is 0 Å². The molecule has 0 saturated carbocycles. The topological polar surface area (TPSA) is 41.3 Å². The largest absolute Gasteiger partial charge is 0.392 e. The number of likely N-dealkylation sites (tertiary alicyclic amines) is 1. The molecule has 0 amide bonds. The van der Waals surface area contributed by atoms with Gasteiger partial charge in [0.2, 0.25) is 0 Å². The average Bonchev–Trinajstić information content (AvgIpc) is 2.64. The van der Waals surface area contributed by atoms with Crippen molar-refractivity contribution in [3.8, 4) is 0 Å². The second-order valence-electron chi connectivity index (χ2n) is 3.67. The van der Waals surface area contributed by atoms with Gasteiger partial charge >= 0.3 is 0 Å². The van der Waals surface area contributed by atoms with E-state index in [4.69, 9.17) is 0 Å². The van der Waals surface area contributed by atoms with Crippen LogP contribution in [0.3, 0.4) is 0 Å². The van der Waals surface area contributed by atoms with Gasteiger partial charge in [-0.3, -0.25) is 4.90 Å². The Bertz CT molecular complexity index is 284. The van der Waals surface area contributed by atoms with Gasteiger partial charge in [0.15, 0.2) is 0 Å². The quantitative estimate of drug-likeness (QED) is 0.697. The highest BCUT2D eigenvalue weighted by molar-refractivity contribution is 4.98. The molecule has 13 heavy (non-hydrogen) atoms. The van der Waals surface area contributed by atoms with E-state index in [9.17, 15) is 5.11 Å². The van der Waals surface area contributed by atoms with Crippen LogP contribution in [0.5, 0.6) is 0 Å². The lowest BCUT2D eigenvalue weighted by Gasteiger charge is -2.14. The van der Waals surface area contributed by atoms with Crippen molar-refractivity contribution in [2.24, 2.45) is 7.05 Å². The summed E-state index contributed by atoms with van der Waals surface area (Å²) in [6.45, 7) is 2.69. The van der Waals surface area contributed by atoms with Gasteiger partial charge in [0.25, 0.3) is 0 Å². The summed E-state index contributed by atoms with van der Waals surface area (Å²) in [5, 5.41) is 9.33. The normalized spacial score (nSPS) is 24.0. The van der Waals surface area contributed by atoms with Crippen molar-refractivity contribution >= 4 is 0 Å². The first kappa shape index (κ1) is 8.72. The number of hydrogen-bond acceptors (Lipinski definition) is 3. The third-order valence-electron chi connectivity index (χ3n) is 2.55.